The van der Waals surface area contributed by atoms with E-state index >= 15 is 0 Å². The number of carbonyl (C=O) groups is 2. The van der Waals surface area contributed by atoms with Crippen molar-refractivity contribution in [1.82, 2.24) is 4.90 Å². The molecule has 1 saturated heterocycles. The van der Waals surface area contributed by atoms with Crippen LogP contribution < -0.4 is 10.2 Å². The van der Waals surface area contributed by atoms with Crippen molar-refractivity contribution >= 4 is 64.1 Å². The Bertz CT molecular complexity index is 1490. The fourth-order valence-electron chi connectivity index (χ4n) is 4.17. The number of hydrogen-bond donors (Lipinski definition) is 1. The average Bonchev–Trinajstić information content (AvgIpc) is 3.60. The largest absolute Gasteiger partial charge is 0.459 e. The molecule has 7 nitrogen and oxygen atoms in total. The van der Waals surface area contributed by atoms with Crippen molar-refractivity contribution in [1.29, 1.82) is 0 Å². The summed E-state index contributed by atoms with van der Waals surface area (Å²) in [5.74, 6) is 0.955. The SMILES string of the molecule is O=C(/C=C/c1ccc(-c2ccc(Cl)cc2Cl)o1)Nc1ccc(N2CCN(C(=O)c3ccco3)CC2)c(Cl)c1. The molecule has 2 aromatic carbocycles. The van der Waals surface area contributed by atoms with E-state index in [4.69, 9.17) is 43.6 Å². The van der Waals surface area contributed by atoms with E-state index in [1.54, 1.807) is 65.6 Å². The van der Waals surface area contributed by atoms with Crippen molar-refractivity contribution in [2.45, 2.75) is 0 Å². The molecular formula is C28H22Cl3N3O4. The van der Waals surface area contributed by atoms with Crippen LogP contribution in [-0.4, -0.2) is 42.9 Å². The van der Waals surface area contributed by atoms with Gasteiger partial charge in [0.2, 0.25) is 5.91 Å². The minimum absolute atomic E-state index is 0.119. The zero-order chi connectivity index (χ0) is 26.6. The molecule has 0 bridgehead atoms. The summed E-state index contributed by atoms with van der Waals surface area (Å²) in [6, 6.07) is 17.4. The number of nitrogens with zero attached hydrogens (tertiary/aromatic N) is 2. The summed E-state index contributed by atoms with van der Waals surface area (Å²) in [5.41, 5.74) is 2.11. The summed E-state index contributed by atoms with van der Waals surface area (Å²) in [5, 5.41) is 4.33. The number of piperazine rings is 1. The number of nitrogens with one attached hydrogen (secondary N) is 1. The fraction of sp³-hybridized carbons (Fsp3) is 0.143. The highest BCUT2D eigenvalue weighted by Crippen LogP contribution is 2.32. The number of rotatable bonds is 6. The Morgan fingerprint density at radius 2 is 1.71 bits per heavy atom. The third kappa shape index (κ3) is 5.91. The van der Waals surface area contributed by atoms with Gasteiger partial charge in [-0.1, -0.05) is 34.8 Å². The van der Waals surface area contributed by atoms with Crippen molar-refractivity contribution in [3.63, 3.8) is 0 Å². The topological polar surface area (TPSA) is 78.9 Å². The van der Waals surface area contributed by atoms with E-state index in [0.29, 0.717) is 69.8 Å². The Morgan fingerprint density at radius 1 is 0.895 bits per heavy atom. The highest BCUT2D eigenvalue weighted by molar-refractivity contribution is 6.36. The fourth-order valence-corrected chi connectivity index (χ4v) is 4.97. The average molecular weight is 571 g/mol. The number of benzene rings is 2. The summed E-state index contributed by atoms with van der Waals surface area (Å²) < 4.78 is 11.0. The third-order valence-corrected chi connectivity index (χ3v) is 6.93. The molecule has 0 spiro atoms. The van der Waals surface area contributed by atoms with Crippen LogP contribution in [0.25, 0.3) is 17.4 Å². The molecule has 38 heavy (non-hydrogen) atoms. The predicted molar refractivity (Wildman–Crippen MR) is 150 cm³/mol. The molecule has 1 fully saturated rings. The molecule has 1 N–H and O–H groups in total. The van der Waals surface area contributed by atoms with Crippen LogP contribution in [0.15, 0.2) is 81.8 Å². The van der Waals surface area contributed by atoms with Crippen molar-refractivity contribution in [2.75, 3.05) is 36.4 Å². The summed E-state index contributed by atoms with van der Waals surface area (Å²) in [7, 11) is 0. The monoisotopic (exact) mass is 569 g/mol. The number of halogens is 3. The van der Waals surface area contributed by atoms with Crippen LogP contribution in [-0.2, 0) is 4.79 Å². The minimum atomic E-state index is -0.332. The van der Waals surface area contributed by atoms with Gasteiger partial charge in [-0.3, -0.25) is 9.59 Å². The maximum atomic E-state index is 12.5. The molecule has 0 unspecified atom stereocenters. The standard InChI is InChI=1S/C28H22Cl3N3O4/c29-18-3-7-21(22(30)16-18)25-9-5-20(38-25)6-10-27(35)32-19-4-8-24(23(31)17-19)33-11-13-34(14-12-33)28(36)26-2-1-15-37-26/h1-10,15-17H,11-14H2,(H,32,35)/b10-6+. The zero-order valence-corrected chi connectivity index (χ0v) is 22.3. The van der Waals surface area contributed by atoms with Crippen LogP contribution in [0.4, 0.5) is 11.4 Å². The molecule has 10 heteroatoms. The Labute approximate surface area is 234 Å². The summed E-state index contributed by atoms with van der Waals surface area (Å²) >= 11 is 18.7. The minimum Gasteiger partial charge on any atom is -0.459 e. The molecule has 0 atom stereocenters. The Hall–Kier alpha value is -3.65. The lowest BCUT2D eigenvalue weighted by atomic mass is 10.2. The van der Waals surface area contributed by atoms with Gasteiger partial charge in [0.15, 0.2) is 5.76 Å². The number of hydrogen-bond acceptors (Lipinski definition) is 5. The summed E-state index contributed by atoms with van der Waals surface area (Å²) in [6.07, 6.45) is 4.44. The van der Waals surface area contributed by atoms with Crippen LogP contribution >= 0.6 is 34.8 Å². The molecule has 2 aromatic heterocycles. The molecular weight excluding hydrogens is 549 g/mol. The highest BCUT2D eigenvalue weighted by Gasteiger charge is 2.24. The third-order valence-electron chi connectivity index (χ3n) is 6.08. The first-order chi connectivity index (χ1) is 18.4. The van der Waals surface area contributed by atoms with Crippen LogP contribution in [0.5, 0.6) is 0 Å². The second-order valence-corrected chi connectivity index (χ2v) is 9.82. The van der Waals surface area contributed by atoms with E-state index in [1.807, 2.05) is 6.07 Å². The van der Waals surface area contributed by atoms with E-state index in [0.717, 1.165) is 5.69 Å². The van der Waals surface area contributed by atoms with Gasteiger partial charge in [-0.2, -0.15) is 0 Å². The molecule has 3 heterocycles. The van der Waals surface area contributed by atoms with Gasteiger partial charge in [-0.25, -0.2) is 0 Å². The van der Waals surface area contributed by atoms with Gasteiger partial charge in [0.1, 0.15) is 11.5 Å². The van der Waals surface area contributed by atoms with Crippen molar-refractivity contribution in [3.05, 3.63) is 99.6 Å². The normalized spacial score (nSPS) is 13.8. The smallest absolute Gasteiger partial charge is 0.289 e. The van der Waals surface area contributed by atoms with Crippen molar-refractivity contribution in [3.8, 4) is 11.3 Å². The number of amides is 2. The second-order valence-electron chi connectivity index (χ2n) is 8.57. The number of furan rings is 2. The van der Waals surface area contributed by atoms with E-state index in [1.165, 1.54) is 12.3 Å². The first kappa shape index (κ1) is 26.0. The Kier molecular flexibility index (Phi) is 7.79. The second kappa shape index (κ2) is 11.4. The van der Waals surface area contributed by atoms with Gasteiger partial charge in [0.25, 0.3) is 5.91 Å². The van der Waals surface area contributed by atoms with Gasteiger partial charge in [0.05, 0.1) is 22.0 Å². The predicted octanol–water partition coefficient (Wildman–Crippen LogP) is 7.11. The van der Waals surface area contributed by atoms with Gasteiger partial charge < -0.3 is 24.0 Å². The maximum Gasteiger partial charge on any atom is 0.289 e. The summed E-state index contributed by atoms with van der Waals surface area (Å²) in [4.78, 5) is 28.8. The van der Waals surface area contributed by atoms with E-state index in [-0.39, 0.29) is 11.8 Å². The van der Waals surface area contributed by atoms with Crippen LogP contribution in [0.2, 0.25) is 15.1 Å². The lowest BCUT2D eigenvalue weighted by Gasteiger charge is -2.36. The molecule has 0 saturated carbocycles. The van der Waals surface area contributed by atoms with E-state index in [2.05, 4.69) is 10.2 Å². The van der Waals surface area contributed by atoms with Gasteiger partial charge >= 0.3 is 0 Å². The Balaban J connectivity index is 1.17. The van der Waals surface area contributed by atoms with Crippen LogP contribution in [0.1, 0.15) is 16.3 Å². The molecule has 5 rings (SSSR count). The number of anilines is 2. The van der Waals surface area contributed by atoms with E-state index < -0.39 is 0 Å². The molecule has 2 amide bonds. The summed E-state index contributed by atoms with van der Waals surface area (Å²) in [6.45, 7) is 2.37. The quantitative estimate of drug-likeness (QED) is 0.250. The van der Waals surface area contributed by atoms with Gasteiger partial charge in [0, 0.05) is 48.5 Å². The molecule has 1 aliphatic rings. The highest BCUT2D eigenvalue weighted by atomic mass is 35.5. The maximum absolute atomic E-state index is 12.5. The first-order valence-electron chi connectivity index (χ1n) is 11.8. The first-order valence-corrected chi connectivity index (χ1v) is 12.9. The molecule has 194 valence electrons. The zero-order valence-electron chi connectivity index (χ0n) is 20.0. The van der Waals surface area contributed by atoms with Crippen LogP contribution in [0, 0.1) is 0 Å². The van der Waals surface area contributed by atoms with E-state index in [9.17, 15) is 9.59 Å². The van der Waals surface area contributed by atoms with Crippen molar-refractivity contribution < 1.29 is 18.4 Å². The lowest BCUT2D eigenvalue weighted by molar-refractivity contribution is -0.111. The van der Waals surface area contributed by atoms with Gasteiger partial charge in [-0.15, -0.1) is 0 Å². The lowest BCUT2D eigenvalue weighted by Crippen LogP contribution is -2.48. The van der Waals surface area contributed by atoms with Crippen molar-refractivity contribution in [2.24, 2.45) is 0 Å². The molecule has 0 aliphatic carbocycles. The Morgan fingerprint density at radius 3 is 2.42 bits per heavy atom. The number of carbonyl (C=O) groups excluding carboxylic acids is 2. The molecule has 0 radical (unpaired) electrons. The van der Waals surface area contributed by atoms with Crippen LogP contribution in [0.3, 0.4) is 0 Å². The molecule has 1 aliphatic heterocycles. The molecule has 4 aromatic rings. The van der Waals surface area contributed by atoms with Gasteiger partial charge in [-0.05, 0) is 66.7 Å².